The van der Waals surface area contributed by atoms with Crippen molar-refractivity contribution in [3.8, 4) is 0 Å². The van der Waals surface area contributed by atoms with E-state index < -0.39 is 19.1 Å². The molecule has 4 heteroatoms. The van der Waals surface area contributed by atoms with Gasteiger partial charge in [0.05, 0.1) is 0 Å². The number of hydrogen-bond donors (Lipinski definition) is 0. The highest BCUT2D eigenvalue weighted by Gasteiger charge is 2.28. The van der Waals surface area contributed by atoms with Crippen LogP contribution < -0.4 is 0 Å². The molecule has 0 aromatic heterocycles. The van der Waals surface area contributed by atoms with E-state index in [1.807, 2.05) is 0 Å². The van der Waals surface area contributed by atoms with Gasteiger partial charge in [-0.2, -0.15) is 0 Å². The van der Waals surface area contributed by atoms with Crippen molar-refractivity contribution in [2.24, 2.45) is 0 Å². The molecule has 0 N–H and O–H groups in total. The fraction of sp³-hybridized carbons (Fsp3) is 1.00. The molecule has 0 aliphatic rings. The van der Waals surface area contributed by atoms with Gasteiger partial charge in [-0.3, -0.25) is 0 Å². The highest BCUT2D eigenvalue weighted by molar-refractivity contribution is 4.63. The molecular weight excluding hydrogens is 154 g/mol. The zero-order chi connectivity index (χ0) is 8.74. The number of halogens is 2. The molecule has 0 unspecified atom stereocenters. The number of rotatable bonds is 6. The lowest BCUT2D eigenvalue weighted by Crippen LogP contribution is -2.29. The van der Waals surface area contributed by atoms with Gasteiger partial charge in [-0.15, -0.1) is 0 Å². The zero-order valence-corrected chi connectivity index (χ0v) is 6.90. The molecule has 0 saturated heterocycles. The minimum Gasteiger partial charge on any atom is -0.375 e. The number of ether oxygens (including phenoxy) is 2. The first-order valence-corrected chi connectivity index (χ1v) is 3.65. The molecule has 2 nitrogen and oxygen atoms in total. The second-order valence-electron chi connectivity index (χ2n) is 2.13. The van der Waals surface area contributed by atoms with E-state index in [2.05, 4.69) is 9.47 Å². The van der Waals surface area contributed by atoms with Gasteiger partial charge in [-0.05, 0) is 13.8 Å². The summed E-state index contributed by atoms with van der Waals surface area (Å²) in [6.07, 6.45) is 0. The van der Waals surface area contributed by atoms with Gasteiger partial charge in [-0.1, -0.05) is 0 Å². The van der Waals surface area contributed by atoms with Crippen LogP contribution in [0.4, 0.5) is 8.78 Å². The van der Waals surface area contributed by atoms with Crippen molar-refractivity contribution in [2.45, 2.75) is 19.8 Å². The lowest BCUT2D eigenvalue weighted by molar-refractivity contribution is -0.120. The van der Waals surface area contributed by atoms with Crippen molar-refractivity contribution in [3.05, 3.63) is 0 Å². The van der Waals surface area contributed by atoms with Gasteiger partial charge in [0, 0.05) is 13.2 Å². The molecule has 0 bridgehead atoms. The summed E-state index contributed by atoms with van der Waals surface area (Å²) in [6, 6.07) is 0. The van der Waals surface area contributed by atoms with Crippen molar-refractivity contribution >= 4 is 0 Å². The number of alkyl halides is 2. The maximum atomic E-state index is 12.5. The Kier molecular flexibility index (Phi) is 5.32. The van der Waals surface area contributed by atoms with Crippen LogP contribution in [0.1, 0.15) is 13.8 Å². The Labute approximate surface area is 65.5 Å². The molecule has 0 aliphatic carbocycles. The van der Waals surface area contributed by atoms with E-state index in [0.717, 1.165) is 0 Å². The van der Waals surface area contributed by atoms with Crippen LogP contribution in [-0.2, 0) is 9.47 Å². The quantitative estimate of drug-likeness (QED) is 0.601. The summed E-state index contributed by atoms with van der Waals surface area (Å²) in [5, 5.41) is 0. The van der Waals surface area contributed by atoms with Gasteiger partial charge in [0.15, 0.2) is 0 Å². The molecule has 0 aromatic rings. The van der Waals surface area contributed by atoms with E-state index in [1.165, 1.54) is 0 Å². The lowest BCUT2D eigenvalue weighted by Gasteiger charge is -2.15. The summed E-state index contributed by atoms with van der Waals surface area (Å²) in [7, 11) is 0. The predicted octanol–water partition coefficient (Wildman–Crippen LogP) is 1.69. The zero-order valence-electron chi connectivity index (χ0n) is 6.90. The van der Waals surface area contributed by atoms with Crippen LogP contribution in [0.5, 0.6) is 0 Å². The maximum Gasteiger partial charge on any atom is 0.293 e. The Morgan fingerprint density at radius 2 is 1.36 bits per heavy atom. The van der Waals surface area contributed by atoms with Gasteiger partial charge < -0.3 is 9.47 Å². The Hall–Kier alpha value is -0.220. The summed E-state index contributed by atoms with van der Waals surface area (Å²) in [6.45, 7) is 2.87. The van der Waals surface area contributed by atoms with Crippen molar-refractivity contribution in [2.75, 3.05) is 26.4 Å². The second-order valence-corrected chi connectivity index (χ2v) is 2.13. The molecule has 0 saturated carbocycles. The first-order chi connectivity index (χ1) is 5.12. The molecule has 0 spiro atoms. The van der Waals surface area contributed by atoms with E-state index >= 15 is 0 Å². The Balaban J connectivity index is 3.43. The van der Waals surface area contributed by atoms with Crippen molar-refractivity contribution in [3.63, 3.8) is 0 Å². The van der Waals surface area contributed by atoms with Gasteiger partial charge in [0.1, 0.15) is 13.2 Å². The molecule has 11 heavy (non-hydrogen) atoms. The SMILES string of the molecule is CCOCC(F)(F)COCC. The molecular formula is C7H14F2O2. The van der Waals surface area contributed by atoms with Gasteiger partial charge in [-0.25, -0.2) is 8.78 Å². The molecule has 0 aromatic carbocycles. The fourth-order valence-electron chi connectivity index (χ4n) is 0.544. The maximum absolute atomic E-state index is 12.5. The first kappa shape index (κ1) is 10.8. The Morgan fingerprint density at radius 1 is 1.00 bits per heavy atom. The standard InChI is InChI=1S/C7H14F2O2/c1-3-10-5-7(8,9)6-11-4-2/h3-6H2,1-2H3. The third-order valence-electron chi connectivity index (χ3n) is 1.03. The summed E-state index contributed by atoms with van der Waals surface area (Å²) >= 11 is 0. The average Bonchev–Trinajstić information content (AvgIpc) is 1.97. The van der Waals surface area contributed by atoms with Crippen LogP contribution in [0, 0.1) is 0 Å². The molecule has 0 rings (SSSR count). The van der Waals surface area contributed by atoms with Gasteiger partial charge in [0.25, 0.3) is 5.92 Å². The average molecular weight is 168 g/mol. The third-order valence-corrected chi connectivity index (χ3v) is 1.03. The molecule has 0 atom stereocenters. The molecule has 0 fully saturated rings. The van der Waals surface area contributed by atoms with Crippen molar-refractivity contribution < 1.29 is 18.3 Å². The normalized spacial score (nSPS) is 12.0. The minimum atomic E-state index is -2.84. The van der Waals surface area contributed by atoms with Crippen LogP contribution in [0.25, 0.3) is 0 Å². The minimum absolute atomic E-state index is 0.307. The number of hydrogen-bond acceptors (Lipinski definition) is 2. The van der Waals surface area contributed by atoms with Crippen LogP contribution in [-0.4, -0.2) is 32.4 Å². The molecule has 0 heterocycles. The van der Waals surface area contributed by atoms with E-state index in [0.29, 0.717) is 13.2 Å². The van der Waals surface area contributed by atoms with Crippen LogP contribution in [0.2, 0.25) is 0 Å². The summed E-state index contributed by atoms with van der Waals surface area (Å²) in [4.78, 5) is 0. The summed E-state index contributed by atoms with van der Waals surface area (Å²) < 4.78 is 34.2. The van der Waals surface area contributed by atoms with Gasteiger partial charge in [0.2, 0.25) is 0 Å². The Morgan fingerprint density at radius 3 is 1.64 bits per heavy atom. The molecule has 68 valence electrons. The largest absolute Gasteiger partial charge is 0.375 e. The first-order valence-electron chi connectivity index (χ1n) is 3.65. The van der Waals surface area contributed by atoms with E-state index in [1.54, 1.807) is 13.8 Å². The summed E-state index contributed by atoms with van der Waals surface area (Å²) in [5.41, 5.74) is 0. The third kappa shape index (κ3) is 6.19. The highest BCUT2D eigenvalue weighted by Crippen LogP contribution is 2.13. The van der Waals surface area contributed by atoms with E-state index in [-0.39, 0.29) is 0 Å². The second kappa shape index (κ2) is 5.43. The predicted molar refractivity (Wildman–Crippen MR) is 37.9 cm³/mol. The monoisotopic (exact) mass is 168 g/mol. The molecule has 0 aliphatic heterocycles. The topological polar surface area (TPSA) is 18.5 Å². The van der Waals surface area contributed by atoms with Crippen LogP contribution in [0.15, 0.2) is 0 Å². The lowest BCUT2D eigenvalue weighted by atomic mass is 10.4. The smallest absolute Gasteiger partial charge is 0.293 e. The van der Waals surface area contributed by atoms with Crippen LogP contribution >= 0.6 is 0 Å². The van der Waals surface area contributed by atoms with Crippen molar-refractivity contribution in [1.82, 2.24) is 0 Å². The van der Waals surface area contributed by atoms with Gasteiger partial charge >= 0.3 is 0 Å². The van der Waals surface area contributed by atoms with E-state index in [4.69, 9.17) is 0 Å². The molecule has 0 amide bonds. The van der Waals surface area contributed by atoms with Crippen molar-refractivity contribution in [1.29, 1.82) is 0 Å². The molecule has 0 radical (unpaired) electrons. The van der Waals surface area contributed by atoms with E-state index in [9.17, 15) is 8.78 Å². The summed E-state index contributed by atoms with van der Waals surface area (Å²) in [5.74, 6) is -2.84. The van der Waals surface area contributed by atoms with Crippen LogP contribution in [0.3, 0.4) is 0 Å². The highest BCUT2D eigenvalue weighted by atomic mass is 19.3. The fourth-order valence-corrected chi connectivity index (χ4v) is 0.544. The Bertz CT molecular complexity index is 86.4.